The number of aromatic nitrogens is 2. The highest BCUT2D eigenvalue weighted by Gasteiger charge is 2.24. The van der Waals surface area contributed by atoms with Crippen molar-refractivity contribution in [3.8, 4) is 0 Å². The van der Waals surface area contributed by atoms with Gasteiger partial charge in [0.25, 0.3) is 0 Å². The second kappa shape index (κ2) is 4.50. The zero-order valence-corrected chi connectivity index (χ0v) is 11.5. The molecule has 1 saturated heterocycles. The molecule has 0 spiro atoms. The number of aromatic amines is 1. The third-order valence-electron chi connectivity index (χ3n) is 3.43. The fraction of sp³-hybridized carbons (Fsp3) is 0.417. The first-order valence-electron chi connectivity index (χ1n) is 6.18. The Morgan fingerprint density at radius 2 is 1.89 bits per heavy atom. The summed E-state index contributed by atoms with van der Waals surface area (Å²) >= 11 is 0. The Labute approximate surface area is 112 Å². The molecule has 19 heavy (non-hydrogen) atoms. The van der Waals surface area contributed by atoms with Gasteiger partial charge in [-0.25, -0.2) is 13.4 Å². The van der Waals surface area contributed by atoms with Gasteiger partial charge in [-0.15, -0.1) is 0 Å². The van der Waals surface area contributed by atoms with E-state index in [2.05, 4.69) is 14.9 Å². The third kappa shape index (κ3) is 2.43. The number of fused-ring (bicyclic) bond motifs is 1. The molecule has 1 aliphatic heterocycles. The first-order valence-corrected chi connectivity index (χ1v) is 8.03. The number of hydrogen-bond acceptors (Lipinski definition) is 4. The van der Waals surface area contributed by atoms with E-state index in [1.165, 1.54) is 10.6 Å². The van der Waals surface area contributed by atoms with E-state index in [0.29, 0.717) is 26.2 Å². The van der Waals surface area contributed by atoms with Crippen LogP contribution in [0.5, 0.6) is 0 Å². The van der Waals surface area contributed by atoms with Crippen molar-refractivity contribution in [1.29, 1.82) is 0 Å². The smallest absolute Gasteiger partial charge is 0.211 e. The molecule has 0 bridgehead atoms. The first kappa shape index (κ1) is 12.4. The van der Waals surface area contributed by atoms with Gasteiger partial charge in [0.15, 0.2) is 0 Å². The summed E-state index contributed by atoms with van der Waals surface area (Å²) < 4.78 is 24.4. The van der Waals surface area contributed by atoms with E-state index in [1.807, 2.05) is 24.4 Å². The van der Waals surface area contributed by atoms with Gasteiger partial charge in [-0.1, -0.05) is 0 Å². The largest absolute Gasteiger partial charge is 0.354 e. The van der Waals surface area contributed by atoms with Gasteiger partial charge in [-0.2, -0.15) is 4.31 Å². The Morgan fingerprint density at radius 3 is 2.58 bits per heavy atom. The van der Waals surface area contributed by atoms with E-state index in [-0.39, 0.29) is 0 Å². The van der Waals surface area contributed by atoms with Crippen molar-refractivity contribution in [2.24, 2.45) is 0 Å². The van der Waals surface area contributed by atoms with E-state index >= 15 is 0 Å². The Kier molecular flexibility index (Phi) is 2.94. The van der Waals surface area contributed by atoms with Crippen molar-refractivity contribution >= 4 is 26.9 Å². The maximum Gasteiger partial charge on any atom is 0.211 e. The summed E-state index contributed by atoms with van der Waals surface area (Å²) in [5.74, 6) is 0.892. The number of sulfonamides is 1. The van der Waals surface area contributed by atoms with Crippen LogP contribution in [0.3, 0.4) is 0 Å². The number of hydrogen-bond donors (Lipinski definition) is 1. The number of H-pyrrole nitrogens is 1. The lowest BCUT2D eigenvalue weighted by Crippen LogP contribution is -2.48. The predicted octanol–water partition coefficient (Wildman–Crippen LogP) is 0.644. The minimum absolute atomic E-state index is 0.517. The molecule has 6 nitrogen and oxygen atoms in total. The minimum atomic E-state index is -3.08. The molecule has 7 heteroatoms. The Bertz CT molecular complexity index is 687. The Morgan fingerprint density at radius 1 is 1.16 bits per heavy atom. The number of nitrogens with zero attached hydrogens (tertiary/aromatic N) is 3. The van der Waals surface area contributed by atoms with Crippen LogP contribution < -0.4 is 4.90 Å². The van der Waals surface area contributed by atoms with Gasteiger partial charge in [-0.3, -0.25) is 0 Å². The quantitative estimate of drug-likeness (QED) is 0.876. The van der Waals surface area contributed by atoms with Crippen molar-refractivity contribution in [2.45, 2.75) is 0 Å². The molecule has 1 fully saturated rings. The summed E-state index contributed by atoms with van der Waals surface area (Å²) in [5, 5.41) is 1.08. The first-order chi connectivity index (χ1) is 9.04. The van der Waals surface area contributed by atoms with E-state index < -0.39 is 10.0 Å². The number of pyridine rings is 1. The maximum atomic E-state index is 11.5. The summed E-state index contributed by atoms with van der Waals surface area (Å²) in [6, 6.07) is 5.98. The van der Waals surface area contributed by atoms with Crippen molar-refractivity contribution in [1.82, 2.24) is 14.3 Å². The monoisotopic (exact) mass is 280 g/mol. The van der Waals surface area contributed by atoms with Crippen LogP contribution in [0.15, 0.2) is 24.4 Å². The molecule has 3 heterocycles. The highest BCUT2D eigenvalue weighted by molar-refractivity contribution is 7.88. The van der Waals surface area contributed by atoms with Gasteiger partial charge in [0.05, 0.1) is 6.26 Å². The molecule has 1 N–H and O–H groups in total. The highest BCUT2D eigenvalue weighted by atomic mass is 32.2. The fourth-order valence-corrected chi connectivity index (χ4v) is 3.17. The molecular formula is C12H16N4O2S. The lowest BCUT2D eigenvalue weighted by molar-refractivity contribution is 0.387. The van der Waals surface area contributed by atoms with E-state index in [1.54, 1.807) is 0 Å². The van der Waals surface area contributed by atoms with Crippen LogP contribution >= 0.6 is 0 Å². The van der Waals surface area contributed by atoms with Gasteiger partial charge in [0.2, 0.25) is 10.0 Å². The van der Waals surface area contributed by atoms with Gasteiger partial charge >= 0.3 is 0 Å². The van der Waals surface area contributed by atoms with Gasteiger partial charge in [0, 0.05) is 37.8 Å². The van der Waals surface area contributed by atoms with Crippen LogP contribution in [-0.4, -0.2) is 55.1 Å². The van der Waals surface area contributed by atoms with Crippen molar-refractivity contribution < 1.29 is 8.42 Å². The maximum absolute atomic E-state index is 11.5. The lowest BCUT2D eigenvalue weighted by atomic mass is 10.3. The molecule has 0 unspecified atom stereocenters. The second-order valence-corrected chi connectivity index (χ2v) is 6.72. The molecule has 2 aromatic heterocycles. The SMILES string of the molecule is CS(=O)(=O)N1CCN(c2ccc3cc[nH]c3n2)CC1. The molecule has 0 atom stereocenters. The standard InChI is InChI=1S/C12H16N4O2S/c1-19(17,18)16-8-6-15(7-9-16)11-3-2-10-4-5-13-12(10)14-11/h2-5H,6-9H2,1H3,(H,13,14). The average Bonchev–Trinajstić information content (AvgIpc) is 2.85. The van der Waals surface area contributed by atoms with Gasteiger partial charge in [-0.05, 0) is 18.2 Å². The average molecular weight is 280 g/mol. The van der Waals surface area contributed by atoms with Crippen molar-refractivity contribution in [3.63, 3.8) is 0 Å². The van der Waals surface area contributed by atoms with Crippen LogP contribution in [0.1, 0.15) is 0 Å². The van der Waals surface area contributed by atoms with Crippen LogP contribution in [0.4, 0.5) is 5.82 Å². The van der Waals surface area contributed by atoms with Crippen LogP contribution in [-0.2, 0) is 10.0 Å². The topological polar surface area (TPSA) is 69.3 Å². The molecule has 0 aromatic carbocycles. The Hall–Kier alpha value is -1.60. The van der Waals surface area contributed by atoms with Gasteiger partial charge in [0.1, 0.15) is 11.5 Å². The zero-order valence-electron chi connectivity index (χ0n) is 10.7. The van der Waals surface area contributed by atoms with Crippen LogP contribution in [0, 0.1) is 0 Å². The summed E-state index contributed by atoms with van der Waals surface area (Å²) in [5.41, 5.74) is 0.864. The normalized spacial score (nSPS) is 18.1. The van der Waals surface area contributed by atoms with Gasteiger partial charge < -0.3 is 9.88 Å². The predicted molar refractivity (Wildman–Crippen MR) is 74.7 cm³/mol. The summed E-state index contributed by atoms with van der Waals surface area (Å²) in [6.45, 7) is 2.38. The minimum Gasteiger partial charge on any atom is -0.354 e. The van der Waals surface area contributed by atoms with Crippen molar-refractivity contribution in [2.75, 3.05) is 37.3 Å². The second-order valence-electron chi connectivity index (χ2n) is 4.73. The van der Waals surface area contributed by atoms with Crippen LogP contribution in [0.25, 0.3) is 11.0 Å². The molecule has 0 aliphatic carbocycles. The highest BCUT2D eigenvalue weighted by Crippen LogP contribution is 2.18. The third-order valence-corrected chi connectivity index (χ3v) is 4.73. The van der Waals surface area contributed by atoms with E-state index in [0.717, 1.165) is 16.9 Å². The summed E-state index contributed by atoms with van der Waals surface area (Å²) in [7, 11) is -3.08. The molecule has 102 valence electrons. The van der Waals surface area contributed by atoms with Crippen LogP contribution in [0.2, 0.25) is 0 Å². The van der Waals surface area contributed by atoms with E-state index in [9.17, 15) is 8.42 Å². The lowest BCUT2D eigenvalue weighted by Gasteiger charge is -2.33. The molecule has 0 radical (unpaired) electrons. The molecule has 2 aromatic rings. The molecule has 3 rings (SSSR count). The number of nitrogens with one attached hydrogen (secondary N) is 1. The van der Waals surface area contributed by atoms with E-state index in [4.69, 9.17) is 0 Å². The molecule has 0 saturated carbocycles. The Balaban J connectivity index is 1.77. The molecule has 0 amide bonds. The number of anilines is 1. The number of rotatable bonds is 2. The summed E-state index contributed by atoms with van der Waals surface area (Å²) in [4.78, 5) is 9.75. The fourth-order valence-electron chi connectivity index (χ4n) is 2.35. The molecular weight excluding hydrogens is 264 g/mol. The summed E-state index contributed by atoms with van der Waals surface area (Å²) in [6.07, 6.45) is 3.12. The molecule has 1 aliphatic rings. The number of piperazine rings is 1. The van der Waals surface area contributed by atoms with Crippen molar-refractivity contribution in [3.05, 3.63) is 24.4 Å². The zero-order chi connectivity index (χ0) is 13.5.